The lowest BCUT2D eigenvalue weighted by Gasteiger charge is -2.20. The van der Waals surface area contributed by atoms with Crippen molar-refractivity contribution in [1.29, 1.82) is 0 Å². The molecule has 2 rings (SSSR count). The molecular formula is C17H22N2O. The Hall–Kier alpha value is -2.16. The van der Waals surface area contributed by atoms with Crippen molar-refractivity contribution in [2.45, 2.75) is 20.8 Å². The number of nitrogens with zero attached hydrogens (tertiary/aromatic N) is 2. The molecule has 0 N–H and O–H groups in total. The van der Waals surface area contributed by atoms with Gasteiger partial charge in [-0.25, -0.2) is 0 Å². The maximum atomic E-state index is 10.6. The number of carbonyl (C=O) groups excluding carboxylic acids is 1. The first-order valence-electron chi connectivity index (χ1n) is 6.91. The molecule has 0 spiro atoms. The molecule has 106 valence electrons. The van der Waals surface area contributed by atoms with E-state index in [1.165, 1.54) is 12.6 Å². The lowest BCUT2D eigenvalue weighted by atomic mass is 10.3. The number of anilines is 1. The van der Waals surface area contributed by atoms with E-state index in [-0.39, 0.29) is 5.78 Å². The smallest absolute Gasteiger partial charge is 0.178 e. The lowest BCUT2D eigenvalue weighted by molar-refractivity contribution is 0.101. The molecule has 0 aliphatic rings. The summed E-state index contributed by atoms with van der Waals surface area (Å²) in [6.45, 7) is 8.02. The van der Waals surface area contributed by atoms with Crippen LogP contribution < -0.4 is 4.90 Å². The molecule has 0 unspecified atom stereocenters. The Labute approximate surface area is 121 Å². The van der Waals surface area contributed by atoms with Gasteiger partial charge in [0.25, 0.3) is 0 Å². The molecule has 3 nitrogen and oxygen atoms in total. The number of hydrogen-bond donors (Lipinski definition) is 0. The van der Waals surface area contributed by atoms with Gasteiger partial charge in [0.1, 0.15) is 5.69 Å². The second-order valence-electron chi connectivity index (χ2n) is 4.28. The number of hydrogen-bond acceptors (Lipinski definition) is 3. The largest absolute Gasteiger partial charge is 0.372 e. The molecule has 0 fully saturated rings. The summed E-state index contributed by atoms with van der Waals surface area (Å²) in [5.74, 6) is 0.00981. The van der Waals surface area contributed by atoms with Crippen molar-refractivity contribution in [3.8, 4) is 0 Å². The third-order valence-corrected chi connectivity index (χ3v) is 2.91. The Balaban J connectivity index is 0.000000204. The Bertz CT molecular complexity index is 493. The number of rotatable bonds is 4. The van der Waals surface area contributed by atoms with E-state index in [0.717, 1.165) is 13.1 Å². The van der Waals surface area contributed by atoms with E-state index in [0.29, 0.717) is 5.69 Å². The van der Waals surface area contributed by atoms with Gasteiger partial charge < -0.3 is 4.90 Å². The van der Waals surface area contributed by atoms with E-state index >= 15 is 0 Å². The second-order valence-corrected chi connectivity index (χ2v) is 4.28. The molecule has 3 heteroatoms. The third kappa shape index (κ3) is 5.22. The summed E-state index contributed by atoms with van der Waals surface area (Å²) in [6, 6.07) is 15.8. The minimum absolute atomic E-state index is 0.00981. The van der Waals surface area contributed by atoms with Gasteiger partial charge in [0.05, 0.1) is 0 Å². The highest BCUT2D eigenvalue weighted by Crippen LogP contribution is 2.11. The van der Waals surface area contributed by atoms with Crippen LogP contribution in [-0.2, 0) is 0 Å². The first-order valence-corrected chi connectivity index (χ1v) is 6.91. The van der Waals surface area contributed by atoms with Gasteiger partial charge in [-0.15, -0.1) is 0 Å². The van der Waals surface area contributed by atoms with E-state index in [9.17, 15) is 4.79 Å². The van der Waals surface area contributed by atoms with Crippen LogP contribution in [-0.4, -0.2) is 23.9 Å². The normalized spacial score (nSPS) is 9.35. The lowest BCUT2D eigenvalue weighted by Crippen LogP contribution is -2.21. The van der Waals surface area contributed by atoms with Crippen LogP contribution in [0.3, 0.4) is 0 Å². The van der Waals surface area contributed by atoms with Crippen molar-refractivity contribution in [3.05, 3.63) is 60.4 Å². The fraction of sp³-hybridized carbons (Fsp3) is 0.294. The van der Waals surface area contributed by atoms with Crippen LogP contribution in [0.2, 0.25) is 0 Å². The average Bonchev–Trinajstić information content (AvgIpc) is 2.51. The molecule has 0 radical (unpaired) electrons. The Morgan fingerprint density at radius 2 is 1.60 bits per heavy atom. The molecule has 1 aromatic heterocycles. The summed E-state index contributed by atoms with van der Waals surface area (Å²) in [7, 11) is 0. The fourth-order valence-corrected chi connectivity index (χ4v) is 1.80. The van der Waals surface area contributed by atoms with Gasteiger partial charge in [0, 0.05) is 31.9 Å². The number of aromatic nitrogens is 1. The van der Waals surface area contributed by atoms with Crippen LogP contribution in [0, 0.1) is 0 Å². The molecule has 0 saturated carbocycles. The molecule has 20 heavy (non-hydrogen) atoms. The maximum Gasteiger partial charge on any atom is 0.178 e. The van der Waals surface area contributed by atoms with E-state index < -0.39 is 0 Å². The molecule has 2 aromatic rings. The molecule has 0 atom stereocenters. The van der Waals surface area contributed by atoms with E-state index in [1.807, 2.05) is 6.07 Å². The van der Waals surface area contributed by atoms with E-state index in [1.54, 1.807) is 24.4 Å². The second kappa shape index (κ2) is 8.86. The first-order chi connectivity index (χ1) is 9.69. The van der Waals surface area contributed by atoms with Crippen molar-refractivity contribution in [2.24, 2.45) is 0 Å². The minimum Gasteiger partial charge on any atom is -0.372 e. The highest BCUT2D eigenvalue weighted by Gasteiger charge is 1.97. The highest BCUT2D eigenvalue weighted by molar-refractivity contribution is 5.91. The van der Waals surface area contributed by atoms with Crippen molar-refractivity contribution in [3.63, 3.8) is 0 Å². The summed E-state index contributed by atoms with van der Waals surface area (Å²) >= 11 is 0. The molecular weight excluding hydrogens is 248 g/mol. The van der Waals surface area contributed by atoms with Crippen LogP contribution in [0.25, 0.3) is 0 Å². The summed E-state index contributed by atoms with van der Waals surface area (Å²) in [5.41, 5.74) is 1.84. The van der Waals surface area contributed by atoms with Crippen LogP contribution >= 0.6 is 0 Å². The topological polar surface area (TPSA) is 33.2 Å². The van der Waals surface area contributed by atoms with Crippen LogP contribution in [0.4, 0.5) is 5.69 Å². The summed E-state index contributed by atoms with van der Waals surface area (Å²) in [6.07, 6.45) is 1.61. The van der Waals surface area contributed by atoms with Crippen molar-refractivity contribution < 1.29 is 4.79 Å². The Kier molecular flexibility index (Phi) is 7.04. The highest BCUT2D eigenvalue weighted by atomic mass is 16.1. The van der Waals surface area contributed by atoms with Gasteiger partial charge in [0.2, 0.25) is 0 Å². The summed E-state index contributed by atoms with van der Waals surface area (Å²) < 4.78 is 0. The molecule has 0 amide bonds. The molecule has 0 saturated heterocycles. The number of benzene rings is 1. The predicted molar refractivity (Wildman–Crippen MR) is 84.2 cm³/mol. The van der Waals surface area contributed by atoms with Crippen LogP contribution in [0.5, 0.6) is 0 Å². The van der Waals surface area contributed by atoms with Crippen molar-refractivity contribution >= 4 is 11.5 Å². The zero-order valence-corrected chi connectivity index (χ0v) is 12.4. The molecule has 1 heterocycles. The van der Waals surface area contributed by atoms with Gasteiger partial charge in [0.15, 0.2) is 5.78 Å². The Morgan fingerprint density at radius 3 is 2.00 bits per heavy atom. The fourth-order valence-electron chi connectivity index (χ4n) is 1.80. The third-order valence-electron chi connectivity index (χ3n) is 2.91. The summed E-state index contributed by atoms with van der Waals surface area (Å²) in [5, 5.41) is 0. The zero-order chi connectivity index (χ0) is 14.8. The minimum atomic E-state index is 0.00981. The molecule has 0 aliphatic carbocycles. The summed E-state index contributed by atoms with van der Waals surface area (Å²) in [4.78, 5) is 16.7. The van der Waals surface area contributed by atoms with Crippen molar-refractivity contribution in [1.82, 2.24) is 4.98 Å². The first kappa shape index (κ1) is 15.9. The zero-order valence-electron chi connectivity index (χ0n) is 12.4. The number of Topliss-reactive ketones (excluding diaryl/α,β-unsaturated/α-hetero) is 1. The molecule has 1 aromatic carbocycles. The van der Waals surface area contributed by atoms with Gasteiger partial charge in [-0.1, -0.05) is 24.3 Å². The van der Waals surface area contributed by atoms with Gasteiger partial charge in [-0.3, -0.25) is 9.78 Å². The molecule has 0 bridgehead atoms. The van der Waals surface area contributed by atoms with Gasteiger partial charge in [-0.2, -0.15) is 0 Å². The number of carbonyl (C=O) groups is 1. The monoisotopic (exact) mass is 270 g/mol. The molecule has 0 aliphatic heterocycles. The van der Waals surface area contributed by atoms with Crippen molar-refractivity contribution in [2.75, 3.05) is 18.0 Å². The average molecular weight is 270 g/mol. The van der Waals surface area contributed by atoms with E-state index in [2.05, 4.69) is 48.0 Å². The number of pyridine rings is 1. The van der Waals surface area contributed by atoms with Gasteiger partial charge >= 0.3 is 0 Å². The maximum absolute atomic E-state index is 10.6. The number of para-hydroxylation sites is 1. The number of ketones is 1. The standard InChI is InChI=1S/C10H15N.C7H7NO/c1-3-11(4-2)10-8-6-5-7-9-10;1-6(9)7-4-2-3-5-8-7/h5-9H,3-4H2,1-2H3;2-5H,1H3. The van der Waals surface area contributed by atoms with Crippen LogP contribution in [0.1, 0.15) is 31.3 Å². The SMILES string of the molecule is CC(=O)c1ccccn1.CCN(CC)c1ccccc1. The Morgan fingerprint density at radius 1 is 1.00 bits per heavy atom. The van der Waals surface area contributed by atoms with Crippen LogP contribution in [0.15, 0.2) is 54.7 Å². The van der Waals surface area contributed by atoms with E-state index in [4.69, 9.17) is 0 Å². The predicted octanol–water partition coefficient (Wildman–Crippen LogP) is 3.82. The van der Waals surface area contributed by atoms with Gasteiger partial charge in [-0.05, 0) is 38.1 Å². The quantitative estimate of drug-likeness (QED) is 0.792.